The fourth-order valence-electron chi connectivity index (χ4n) is 2.28. The van der Waals surface area contributed by atoms with E-state index in [0.29, 0.717) is 41.7 Å². The van der Waals surface area contributed by atoms with E-state index in [2.05, 4.69) is 5.16 Å². The van der Waals surface area contributed by atoms with E-state index < -0.39 is 5.97 Å². The second-order valence-corrected chi connectivity index (χ2v) is 5.06. The van der Waals surface area contributed by atoms with Gasteiger partial charge in [0.15, 0.2) is 23.9 Å². The molecule has 0 unspecified atom stereocenters. The Morgan fingerprint density at radius 1 is 1.17 bits per heavy atom. The summed E-state index contributed by atoms with van der Waals surface area (Å²) in [5, 5.41) is 3.68. The molecule has 0 fully saturated rings. The Morgan fingerprint density at radius 3 is 2.61 bits per heavy atom. The first-order valence-corrected chi connectivity index (χ1v) is 7.09. The molecule has 1 aromatic heterocycles. The third kappa shape index (κ3) is 3.03. The standard InChI is InChI=1S/C16H15NO6/c1-9-15(10(2)23-17-9)16(19)22-8-12(18)11-3-4-13-14(7-11)21-6-5-20-13/h3-4,7H,5-6,8H2,1-2H3. The molecule has 7 nitrogen and oxygen atoms in total. The van der Waals surface area contributed by atoms with Gasteiger partial charge in [-0.05, 0) is 32.0 Å². The fraction of sp³-hybridized carbons (Fsp3) is 0.312. The maximum absolute atomic E-state index is 12.2. The number of benzene rings is 1. The summed E-state index contributed by atoms with van der Waals surface area (Å²) in [7, 11) is 0. The van der Waals surface area contributed by atoms with Gasteiger partial charge >= 0.3 is 5.97 Å². The maximum Gasteiger partial charge on any atom is 0.344 e. The van der Waals surface area contributed by atoms with Gasteiger partial charge in [0.2, 0.25) is 0 Å². The zero-order valence-corrected chi connectivity index (χ0v) is 12.8. The van der Waals surface area contributed by atoms with Gasteiger partial charge in [0, 0.05) is 5.56 Å². The third-order valence-corrected chi connectivity index (χ3v) is 3.44. The summed E-state index contributed by atoms with van der Waals surface area (Å²) < 4.78 is 20.8. The van der Waals surface area contributed by atoms with Gasteiger partial charge in [-0.15, -0.1) is 0 Å². The van der Waals surface area contributed by atoms with Gasteiger partial charge in [-0.1, -0.05) is 5.16 Å². The van der Waals surface area contributed by atoms with Crippen LogP contribution in [0.2, 0.25) is 0 Å². The lowest BCUT2D eigenvalue weighted by Crippen LogP contribution is -2.17. The van der Waals surface area contributed by atoms with Crippen molar-refractivity contribution in [3.05, 3.63) is 40.8 Å². The molecular formula is C16H15NO6. The van der Waals surface area contributed by atoms with Crippen molar-refractivity contribution in [1.29, 1.82) is 0 Å². The highest BCUT2D eigenvalue weighted by molar-refractivity contribution is 6.00. The van der Waals surface area contributed by atoms with Crippen molar-refractivity contribution >= 4 is 11.8 Å². The molecule has 3 rings (SSSR count). The Labute approximate surface area is 132 Å². The lowest BCUT2D eigenvalue weighted by molar-refractivity contribution is 0.0472. The molecule has 0 bridgehead atoms. The minimum Gasteiger partial charge on any atom is -0.486 e. The number of fused-ring (bicyclic) bond motifs is 1. The summed E-state index contributed by atoms with van der Waals surface area (Å²) in [6.07, 6.45) is 0. The molecule has 0 spiro atoms. The largest absolute Gasteiger partial charge is 0.486 e. The molecule has 0 saturated carbocycles. The topological polar surface area (TPSA) is 87.9 Å². The van der Waals surface area contributed by atoms with Crippen LogP contribution in [-0.4, -0.2) is 36.7 Å². The molecule has 1 aliphatic rings. The van der Waals surface area contributed by atoms with Crippen molar-refractivity contribution in [2.45, 2.75) is 13.8 Å². The van der Waals surface area contributed by atoms with Crippen molar-refractivity contribution in [3.63, 3.8) is 0 Å². The van der Waals surface area contributed by atoms with Crippen LogP contribution in [0.5, 0.6) is 11.5 Å². The van der Waals surface area contributed by atoms with Gasteiger partial charge < -0.3 is 18.7 Å². The molecule has 23 heavy (non-hydrogen) atoms. The number of ether oxygens (including phenoxy) is 3. The van der Waals surface area contributed by atoms with Gasteiger partial charge in [0.1, 0.15) is 24.5 Å². The predicted molar refractivity (Wildman–Crippen MR) is 78.0 cm³/mol. The van der Waals surface area contributed by atoms with Crippen molar-refractivity contribution in [3.8, 4) is 11.5 Å². The number of hydrogen-bond acceptors (Lipinski definition) is 7. The molecule has 0 atom stereocenters. The van der Waals surface area contributed by atoms with Gasteiger partial charge in [0.25, 0.3) is 0 Å². The molecule has 0 aliphatic carbocycles. The van der Waals surface area contributed by atoms with E-state index in [4.69, 9.17) is 18.7 Å². The Morgan fingerprint density at radius 2 is 1.91 bits per heavy atom. The van der Waals surface area contributed by atoms with Gasteiger partial charge in [0.05, 0.1) is 5.69 Å². The number of aryl methyl sites for hydroxylation is 2. The third-order valence-electron chi connectivity index (χ3n) is 3.44. The van der Waals surface area contributed by atoms with Crippen molar-refractivity contribution in [1.82, 2.24) is 5.16 Å². The normalized spacial score (nSPS) is 12.8. The summed E-state index contributed by atoms with van der Waals surface area (Å²) in [6, 6.07) is 4.86. The Kier molecular flexibility index (Phi) is 4.01. The van der Waals surface area contributed by atoms with E-state index in [1.165, 1.54) is 0 Å². The van der Waals surface area contributed by atoms with E-state index in [9.17, 15) is 9.59 Å². The highest BCUT2D eigenvalue weighted by Crippen LogP contribution is 2.30. The molecule has 1 aliphatic heterocycles. The van der Waals surface area contributed by atoms with E-state index in [0.717, 1.165) is 0 Å². The fourth-order valence-corrected chi connectivity index (χ4v) is 2.28. The average molecular weight is 317 g/mol. The Bertz CT molecular complexity index is 744. The first-order chi connectivity index (χ1) is 11.1. The Hall–Kier alpha value is -2.83. The molecule has 1 aromatic carbocycles. The second kappa shape index (κ2) is 6.12. The molecule has 2 heterocycles. The van der Waals surface area contributed by atoms with Crippen LogP contribution in [0.15, 0.2) is 22.7 Å². The molecular weight excluding hydrogens is 302 g/mol. The molecule has 0 N–H and O–H groups in total. The monoisotopic (exact) mass is 317 g/mol. The summed E-state index contributed by atoms with van der Waals surface area (Å²) in [5.41, 5.74) is 1.07. The van der Waals surface area contributed by atoms with Crippen LogP contribution >= 0.6 is 0 Å². The van der Waals surface area contributed by atoms with Crippen LogP contribution in [0.1, 0.15) is 32.2 Å². The van der Waals surface area contributed by atoms with Crippen LogP contribution in [-0.2, 0) is 4.74 Å². The number of aromatic nitrogens is 1. The smallest absolute Gasteiger partial charge is 0.344 e. The zero-order valence-electron chi connectivity index (χ0n) is 12.8. The van der Waals surface area contributed by atoms with Gasteiger partial charge in [-0.3, -0.25) is 4.79 Å². The highest BCUT2D eigenvalue weighted by atomic mass is 16.6. The number of ketones is 1. The molecule has 0 amide bonds. The lowest BCUT2D eigenvalue weighted by atomic mass is 10.1. The predicted octanol–water partition coefficient (Wildman–Crippen LogP) is 2.10. The minimum atomic E-state index is -0.632. The van der Waals surface area contributed by atoms with Crippen molar-refractivity contribution < 1.29 is 28.3 Å². The Balaban J connectivity index is 1.67. The number of hydrogen-bond donors (Lipinski definition) is 0. The first kappa shape index (κ1) is 15.1. The second-order valence-electron chi connectivity index (χ2n) is 5.06. The lowest BCUT2D eigenvalue weighted by Gasteiger charge is -2.18. The maximum atomic E-state index is 12.2. The van der Waals surface area contributed by atoms with Gasteiger partial charge in [-0.2, -0.15) is 0 Å². The van der Waals surface area contributed by atoms with Crippen LogP contribution in [0.4, 0.5) is 0 Å². The van der Waals surface area contributed by atoms with E-state index in [1.807, 2.05) is 0 Å². The molecule has 120 valence electrons. The first-order valence-electron chi connectivity index (χ1n) is 7.09. The number of rotatable bonds is 4. The van der Waals surface area contributed by atoms with Crippen LogP contribution in [0.3, 0.4) is 0 Å². The van der Waals surface area contributed by atoms with Crippen LogP contribution in [0, 0.1) is 13.8 Å². The number of carbonyl (C=O) groups excluding carboxylic acids is 2. The van der Waals surface area contributed by atoms with E-state index >= 15 is 0 Å². The van der Waals surface area contributed by atoms with Crippen LogP contribution in [0.25, 0.3) is 0 Å². The summed E-state index contributed by atoms with van der Waals surface area (Å²) in [5.74, 6) is 0.508. The molecule has 7 heteroatoms. The number of nitrogens with zero attached hydrogens (tertiary/aromatic N) is 1. The summed E-state index contributed by atoms with van der Waals surface area (Å²) in [6.45, 7) is 3.79. The van der Waals surface area contributed by atoms with Crippen molar-refractivity contribution in [2.75, 3.05) is 19.8 Å². The number of esters is 1. The summed E-state index contributed by atoms with van der Waals surface area (Å²) >= 11 is 0. The summed E-state index contributed by atoms with van der Waals surface area (Å²) in [4.78, 5) is 24.2. The van der Waals surface area contributed by atoms with E-state index in [1.54, 1.807) is 32.0 Å². The quantitative estimate of drug-likeness (QED) is 0.630. The number of Topliss-reactive ketones (excluding diaryl/α,β-unsaturated/α-hetero) is 1. The number of carbonyl (C=O) groups is 2. The highest BCUT2D eigenvalue weighted by Gasteiger charge is 2.21. The molecule has 0 radical (unpaired) electrons. The molecule has 2 aromatic rings. The van der Waals surface area contributed by atoms with Crippen molar-refractivity contribution in [2.24, 2.45) is 0 Å². The van der Waals surface area contributed by atoms with Crippen LogP contribution < -0.4 is 9.47 Å². The SMILES string of the molecule is Cc1noc(C)c1C(=O)OCC(=O)c1ccc2c(c1)OCCO2. The van der Waals surface area contributed by atoms with E-state index in [-0.39, 0.29) is 18.0 Å². The molecule has 0 saturated heterocycles. The minimum absolute atomic E-state index is 0.250. The average Bonchev–Trinajstić information content (AvgIpc) is 2.90. The van der Waals surface area contributed by atoms with Gasteiger partial charge in [-0.25, -0.2) is 4.79 Å². The zero-order chi connectivity index (χ0) is 16.4.